The summed E-state index contributed by atoms with van der Waals surface area (Å²) in [5.74, 6) is -3.10. The smallest absolute Gasteiger partial charge is 0.326 e. The molecule has 0 aliphatic carbocycles. The lowest BCUT2D eigenvalue weighted by Gasteiger charge is -2.47. The SMILES string of the molecule is Cc1csc(-c2c(C#N)cccc2C(=O)N2CC(=O)OC(Cn3cncn3)(c3ccc(F)cc3F)C2C)n1. The molecule has 5 rings (SSSR count). The molecule has 3 heterocycles. The third-order valence-electron chi connectivity index (χ3n) is 6.50. The Bertz CT molecular complexity index is 1580. The molecule has 2 aromatic carbocycles. The van der Waals surface area contributed by atoms with Gasteiger partial charge >= 0.3 is 5.97 Å². The lowest BCUT2D eigenvalue weighted by Crippen LogP contribution is -2.61. The second kappa shape index (κ2) is 9.75. The maximum atomic E-state index is 15.2. The first-order chi connectivity index (χ1) is 18.2. The number of ether oxygens (including phenoxy) is 1. The molecule has 1 saturated heterocycles. The minimum absolute atomic E-state index is 0.116. The van der Waals surface area contributed by atoms with Gasteiger partial charge in [0, 0.05) is 28.3 Å². The van der Waals surface area contributed by atoms with Crippen LogP contribution >= 0.6 is 11.3 Å². The molecule has 2 aromatic heterocycles. The molecule has 2 atom stereocenters. The highest BCUT2D eigenvalue weighted by molar-refractivity contribution is 7.13. The number of thiazole rings is 1. The zero-order valence-electron chi connectivity index (χ0n) is 20.3. The van der Waals surface area contributed by atoms with Crippen LogP contribution in [-0.4, -0.2) is 49.1 Å². The average Bonchev–Trinajstić information content (AvgIpc) is 3.56. The Hall–Kier alpha value is -4.50. The monoisotopic (exact) mass is 534 g/mol. The summed E-state index contributed by atoms with van der Waals surface area (Å²) >= 11 is 1.29. The number of morpholine rings is 1. The normalized spacial score (nSPS) is 19.2. The minimum Gasteiger partial charge on any atom is -0.449 e. The Morgan fingerprint density at radius 1 is 1.32 bits per heavy atom. The third kappa shape index (κ3) is 4.31. The molecule has 2 unspecified atom stereocenters. The number of carbonyl (C=O) groups is 2. The van der Waals surface area contributed by atoms with E-state index in [-0.39, 0.29) is 23.2 Å². The molecular formula is C26H20F2N6O3S. The summed E-state index contributed by atoms with van der Waals surface area (Å²) in [5.41, 5.74) is -0.399. The molecule has 1 aliphatic heterocycles. The van der Waals surface area contributed by atoms with Crippen molar-refractivity contribution in [3.05, 3.63) is 88.5 Å². The van der Waals surface area contributed by atoms with Crippen LogP contribution in [0.2, 0.25) is 0 Å². The second-order valence-electron chi connectivity index (χ2n) is 8.82. The molecule has 0 radical (unpaired) electrons. The number of nitriles is 1. The van der Waals surface area contributed by atoms with Crippen LogP contribution in [0, 0.1) is 29.9 Å². The summed E-state index contributed by atoms with van der Waals surface area (Å²) in [6, 6.07) is 8.83. The van der Waals surface area contributed by atoms with Crippen molar-refractivity contribution in [1.82, 2.24) is 24.6 Å². The molecule has 0 bridgehead atoms. The molecular weight excluding hydrogens is 514 g/mol. The summed E-state index contributed by atoms with van der Waals surface area (Å²) in [6.07, 6.45) is 2.63. The van der Waals surface area contributed by atoms with E-state index in [2.05, 4.69) is 21.1 Å². The number of aryl methyl sites for hydroxylation is 1. The van der Waals surface area contributed by atoms with Crippen LogP contribution in [-0.2, 0) is 21.7 Å². The van der Waals surface area contributed by atoms with E-state index in [9.17, 15) is 19.2 Å². The Kier molecular flexibility index (Phi) is 6.46. The van der Waals surface area contributed by atoms with Crippen molar-refractivity contribution in [2.45, 2.75) is 32.0 Å². The Morgan fingerprint density at radius 2 is 2.13 bits per heavy atom. The maximum Gasteiger partial charge on any atom is 0.326 e. The molecule has 0 spiro atoms. The number of esters is 1. The van der Waals surface area contributed by atoms with Crippen LogP contribution in [0.1, 0.15) is 34.1 Å². The summed E-state index contributed by atoms with van der Waals surface area (Å²) < 4.78 is 36.2. The van der Waals surface area contributed by atoms with Crippen molar-refractivity contribution < 1.29 is 23.1 Å². The van der Waals surface area contributed by atoms with Crippen LogP contribution in [0.25, 0.3) is 10.6 Å². The van der Waals surface area contributed by atoms with Gasteiger partial charge in [0.2, 0.25) is 0 Å². The third-order valence-corrected chi connectivity index (χ3v) is 7.47. The fourth-order valence-corrected chi connectivity index (χ4v) is 5.56. The summed E-state index contributed by atoms with van der Waals surface area (Å²) in [7, 11) is 0. The highest BCUT2D eigenvalue weighted by Gasteiger charge is 2.52. The number of halogens is 2. The summed E-state index contributed by atoms with van der Waals surface area (Å²) in [6.45, 7) is 2.80. The van der Waals surface area contributed by atoms with E-state index >= 15 is 4.39 Å². The molecule has 9 nitrogen and oxygen atoms in total. The molecule has 38 heavy (non-hydrogen) atoms. The van der Waals surface area contributed by atoms with Crippen LogP contribution in [0.15, 0.2) is 54.4 Å². The molecule has 0 N–H and O–H groups in total. The number of hydrogen-bond acceptors (Lipinski definition) is 8. The van der Waals surface area contributed by atoms with Crippen molar-refractivity contribution in [3.63, 3.8) is 0 Å². The van der Waals surface area contributed by atoms with Crippen LogP contribution in [0.3, 0.4) is 0 Å². The Morgan fingerprint density at radius 3 is 2.79 bits per heavy atom. The molecule has 4 aromatic rings. The second-order valence-corrected chi connectivity index (χ2v) is 9.68. The summed E-state index contributed by atoms with van der Waals surface area (Å²) in [5, 5.41) is 16.1. The number of amides is 1. The van der Waals surface area contributed by atoms with E-state index in [0.29, 0.717) is 16.6 Å². The number of nitrogens with zero attached hydrogens (tertiary/aromatic N) is 6. The molecule has 1 amide bonds. The fraction of sp³-hybridized carbons (Fsp3) is 0.231. The highest BCUT2D eigenvalue weighted by Crippen LogP contribution is 2.40. The van der Waals surface area contributed by atoms with Gasteiger partial charge in [0.1, 0.15) is 35.8 Å². The van der Waals surface area contributed by atoms with Gasteiger partial charge in [-0.2, -0.15) is 10.4 Å². The van der Waals surface area contributed by atoms with E-state index in [0.717, 1.165) is 11.8 Å². The van der Waals surface area contributed by atoms with E-state index in [1.807, 2.05) is 0 Å². The minimum atomic E-state index is -1.76. The molecule has 1 fully saturated rings. The number of carbonyl (C=O) groups excluding carboxylic acids is 2. The van der Waals surface area contributed by atoms with Gasteiger partial charge in [-0.1, -0.05) is 6.07 Å². The van der Waals surface area contributed by atoms with Crippen molar-refractivity contribution in [2.75, 3.05) is 6.54 Å². The van der Waals surface area contributed by atoms with E-state index in [1.165, 1.54) is 39.6 Å². The summed E-state index contributed by atoms with van der Waals surface area (Å²) in [4.78, 5) is 36.7. The first kappa shape index (κ1) is 25.2. The number of benzene rings is 2. The van der Waals surface area contributed by atoms with Crippen LogP contribution in [0.4, 0.5) is 8.78 Å². The topological polar surface area (TPSA) is 114 Å². The number of aromatic nitrogens is 4. The number of cyclic esters (lactones) is 1. The number of hydrogen-bond donors (Lipinski definition) is 0. The molecule has 12 heteroatoms. The van der Waals surface area contributed by atoms with Gasteiger partial charge in [0.25, 0.3) is 5.91 Å². The predicted molar refractivity (Wildman–Crippen MR) is 132 cm³/mol. The van der Waals surface area contributed by atoms with Crippen molar-refractivity contribution in [1.29, 1.82) is 5.26 Å². The van der Waals surface area contributed by atoms with E-state index in [1.54, 1.807) is 37.4 Å². The van der Waals surface area contributed by atoms with Crippen LogP contribution in [0.5, 0.6) is 0 Å². The average molecular weight is 535 g/mol. The van der Waals surface area contributed by atoms with Crippen molar-refractivity contribution in [2.24, 2.45) is 0 Å². The first-order valence-electron chi connectivity index (χ1n) is 11.5. The standard InChI is InChI=1S/C26H20F2N6O3S/c1-15-11-38-24(32-15)23-17(9-29)4-3-5-19(23)25(36)34-10-22(35)37-26(16(34)2,12-33-14-30-13-31-33)20-7-6-18(27)8-21(20)28/h3-8,11,13-14,16H,10,12H2,1-2H3. The maximum absolute atomic E-state index is 15.2. The van der Waals surface area contributed by atoms with Gasteiger partial charge in [0.15, 0.2) is 5.60 Å². The zero-order valence-corrected chi connectivity index (χ0v) is 21.1. The van der Waals surface area contributed by atoms with Gasteiger partial charge in [-0.25, -0.2) is 23.4 Å². The van der Waals surface area contributed by atoms with Crippen LogP contribution < -0.4 is 0 Å². The highest BCUT2D eigenvalue weighted by atomic mass is 32.1. The fourth-order valence-electron chi connectivity index (χ4n) is 4.69. The Labute approximate surface area is 219 Å². The van der Waals surface area contributed by atoms with Gasteiger partial charge < -0.3 is 9.64 Å². The van der Waals surface area contributed by atoms with Crippen molar-refractivity contribution >= 4 is 23.2 Å². The lowest BCUT2D eigenvalue weighted by atomic mass is 9.83. The van der Waals surface area contributed by atoms with Gasteiger partial charge in [-0.3, -0.25) is 9.59 Å². The van der Waals surface area contributed by atoms with Gasteiger partial charge in [0.05, 0.1) is 29.8 Å². The molecule has 0 saturated carbocycles. The van der Waals surface area contributed by atoms with Gasteiger partial charge in [-0.15, -0.1) is 11.3 Å². The zero-order chi connectivity index (χ0) is 27.0. The van der Waals surface area contributed by atoms with E-state index in [4.69, 9.17) is 4.74 Å². The molecule has 1 aliphatic rings. The first-order valence-corrected chi connectivity index (χ1v) is 12.4. The number of rotatable bonds is 5. The molecule has 192 valence electrons. The Balaban J connectivity index is 1.65. The lowest BCUT2D eigenvalue weighted by molar-refractivity contribution is -0.186. The largest absolute Gasteiger partial charge is 0.449 e. The predicted octanol–water partition coefficient (Wildman–Crippen LogP) is 3.84. The van der Waals surface area contributed by atoms with Gasteiger partial charge in [-0.05, 0) is 38.1 Å². The quantitative estimate of drug-likeness (QED) is 0.358. The van der Waals surface area contributed by atoms with E-state index < -0.39 is 41.7 Å². The van der Waals surface area contributed by atoms with Crippen molar-refractivity contribution in [3.8, 4) is 16.6 Å².